The Hall–Kier alpha value is -9.69. The maximum atomic E-state index is 5.75. The minimum atomic E-state index is -0.0840. The van der Waals surface area contributed by atoms with Crippen molar-refractivity contribution in [1.29, 1.82) is 0 Å². The summed E-state index contributed by atoms with van der Waals surface area (Å²) in [6.45, 7) is 0. The number of nitrogens with one attached hydrogen (secondary N) is 1. The van der Waals surface area contributed by atoms with Crippen molar-refractivity contribution in [1.82, 2.24) is 24.4 Å². The number of hydrogen-bond acceptors (Lipinski definition) is 5. The van der Waals surface area contributed by atoms with Crippen LogP contribution in [0.15, 0.2) is 248 Å². The first-order valence-electron chi connectivity index (χ1n) is 25.5. The van der Waals surface area contributed by atoms with Crippen molar-refractivity contribution < 1.29 is 0 Å². The molecule has 0 bridgehead atoms. The van der Waals surface area contributed by atoms with Gasteiger partial charge in [0.05, 0.1) is 49.7 Å². The number of aromatic nitrogens is 4. The van der Waals surface area contributed by atoms with Crippen LogP contribution in [0, 0.1) is 0 Å². The van der Waals surface area contributed by atoms with Gasteiger partial charge in [-0.05, 0) is 85.4 Å². The Bertz CT molecular complexity index is 4870. The molecule has 1 atom stereocenters. The van der Waals surface area contributed by atoms with Gasteiger partial charge in [-0.3, -0.25) is 9.13 Å². The molecule has 0 fully saturated rings. The van der Waals surface area contributed by atoms with Crippen molar-refractivity contribution in [2.45, 2.75) is 6.04 Å². The van der Waals surface area contributed by atoms with Crippen molar-refractivity contribution in [3.8, 4) is 38.8 Å². The topological polar surface area (TPSA) is 60.0 Å². The first kappa shape index (κ1) is 41.9. The van der Waals surface area contributed by atoms with Crippen LogP contribution in [-0.2, 0) is 0 Å². The fourth-order valence-electron chi connectivity index (χ4n) is 12.0. The summed E-state index contributed by atoms with van der Waals surface area (Å²) in [4.78, 5) is 17.9. The van der Waals surface area contributed by atoms with Crippen LogP contribution in [0.3, 0.4) is 0 Å². The largest absolute Gasteiger partial charge is 0.344 e. The van der Waals surface area contributed by atoms with Crippen molar-refractivity contribution in [2.24, 2.45) is 4.99 Å². The molecule has 75 heavy (non-hydrogen) atoms. The molecule has 1 aliphatic rings. The summed E-state index contributed by atoms with van der Waals surface area (Å²) >= 11 is 1.76. The number of nitrogens with zero attached hydrogens (tertiary/aromatic N) is 5. The lowest BCUT2D eigenvalue weighted by atomic mass is 9.96. The molecule has 0 aliphatic carbocycles. The van der Waals surface area contributed by atoms with Crippen molar-refractivity contribution in [3.05, 3.63) is 254 Å². The molecule has 0 amide bonds. The fourth-order valence-corrected chi connectivity index (χ4v) is 13.2. The SMILES string of the molecule is c1ccc(-c2cc3nc(-n4c5ccc6ccccc6c5c5cccc(-c6ccc7c(c6)c6c8ccccc8ccc6n7C6=Nc7ccccc7C(c7ccccc7)N6)c54)nc(-c4cccc5ccccc45)c3s2)cc1. The molecule has 350 valence electrons. The average molecular weight is 975 g/mol. The molecule has 1 aliphatic heterocycles. The van der Waals surface area contributed by atoms with Gasteiger partial charge in [0.15, 0.2) is 0 Å². The smallest absolute Gasteiger partial charge is 0.235 e. The monoisotopic (exact) mass is 974 g/mol. The third-order valence-corrected chi connectivity index (χ3v) is 16.6. The zero-order valence-corrected chi connectivity index (χ0v) is 41.1. The average Bonchev–Trinajstić information content (AvgIpc) is 4.25. The van der Waals surface area contributed by atoms with Gasteiger partial charge in [-0.1, -0.05) is 206 Å². The fraction of sp³-hybridized carbons (Fsp3) is 0.0147. The molecular weight excluding hydrogens is 933 g/mol. The lowest BCUT2D eigenvalue weighted by Crippen LogP contribution is -2.36. The van der Waals surface area contributed by atoms with Crippen molar-refractivity contribution in [2.75, 3.05) is 0 Å². The number of hydrogen-bond donors (Lipinski definition) is 1. The quantitative estimate of drug-likeness (QED) is 0.187. The molecule has 16 rings (SSSR count). The molecule has 0 saturated heterocycles. The van der Waals surface area contributed by atoms with E-state index in [0.29, 0.717) is 5.95 Å². The van der Waals surface area contributed by atoms with E-state index < -0.39 is 0 Å². The molecule has 4 aromatic heterocycles. The lowest BCUT2D eigenvalue weighted by Gasteiger charge is -2.28. The van der Waals surface area contributed by atoms with Crippen LogP contribution in [-0.4, -0.2) is 25.1 Å². The van der Waals surface area contributed by atoms with Gasteiger partial charge >= 0.3 is 0 Å². The number of thiophene rings is 1. The molecule has 15 aromatic rings. The standard InChI is InChI=1S/C68H42N6S/c1-3-20-44(21-4-1)60-40-56-66(75-60)64(51-30-15-24-41-17-7-10-25-47(41)51)72-68(70-56)74-59-38-34-42-18-8-11-26-48(42)61(59)53-31-16-29-50(65(53)74)46-35-36-57-54(39-46)62-49-27-12-9-19-43(49)33-37-58(62)73(57)67-69-55-32-14-13-28-52(55)63(71-67)45-22-5-2-6-23-45/h1-40,63H,(H,69,71). The lowest BCUT2D eigenvalue weighted by molar-refractivity contribution is 0.731. The van der Waals surface area contributed by atoms with Crippen LogP contribution in [0.5, 0.6) is 0 Å². The van der Waals surface area contributed by atoms with Gasteiger partial charge < -0.3 is 5.32 Å². The van der Waals surface area contributed by atoms with Crippen LogP contribution in [0.1, 0.15) is 17.2 Å². The number of rotatable bonds is 5. The highest BCUT2D eigenvalue weighted by Crippen LogP contribution is 2.46. The van der Waals surface area contributed by atoms with E-state index in [1.807, 2.05) is 0 Å². The molecule has 6 nitrogen and oxygen atoms in total. The van der Waals surface area contributed by atoms with Gasteiger partial charge in [0.1, 0.15) is 0 Å². The number of fused-ring (bicyclic) bond motifs is 13. The second-order valence-corrected chi connectivity index (χ2v) is 20.6. The summed E-state index contributed by atoms with van der Waals surface area (Å²) in [5.74, 6) is 1.42. The van der Waals surface area contributed by atoms with E-state index in [-0.39, 0.29) is 6.04 Å². The second-order valence-electron chi connectivity index (χ2n) is 19.5. The van der Waals surface area contributed by atoms with E-state index in [4.69, 9.17) is 15.0 Å². The van der Waals surface area contributed by atoms with Crippen LogP contribution in [0.25, 0.3) is 125 Å². The van der Waals surface area contributed by atoms with E-state index in [0.717, 1.165) is 98.5 Å². The maximum Gasteiger partial charge on any atom is 0.235 e. The third-order valence-electron chi connectivity index (χ3n) is 15.4. The van der Waals surface area contributed by atoms with Gasteiger partial charge in [0.25, 0.3) is 0 Å². The van der Waals surface area contributed by atoms with Crippen LogP contribution >= 0.6 is 11.3 Å². The number of para-hydroxylation sites is 2. The van der Waals surface area contributed by atoms with Crippen LogP contribution in [0.4, 0.5) is 5.69 Å². The molecular formula is C68H42N6S. The molecule has 5 heterocycles. The Labute approximate surface area is 434 Å². The van der Waals surface area contributed by atoms with E-state index in [1.165, 1.54) is 43.3 Å². The highest BCUT2D eigenvalue weighted by Gasteiger charge is 2.28. The Morgan fingerprint density at radius 1 is 0.427 bits per heavy atom. The normalized spacial score (nSPS) is 13.7. The Morgan fingerprint density at radius 3 is 1.81 bits per heavy atom. The molecule has 0 radical (unpaired) electrons. The summed E-state index contributed by atoms with van der Waals surface area (Å²) in [6, 6.07) is 87.4. The van der Waals surface area contributed by atoms with Crippen molar-refractivity contribution >= 4 is 109 Å². The highest BCUT2D eigenvalue weighted by molar-refractivity contribution is 7.22. The molecule has 7 heteroatoms. The second kappa shape index (κ2) is 16.4. The Balaban J connectivity index is 0.980. The number of aliphatic imine (C=N–C) groups is 1. The van der Waals surface area contributed by atoms with Crippen LogP contribution in [0.2, 0.25) is 0 Å². The minimum Gasteiger partial charge on any atom is -0.344 e. The van der Waals surface area contributed by atoms with Crippen molar-refractivity contribution in [3.63, 3.8) is 0 Å². The highest BCUT2D eigenvalue weighted by atomic mass is 32.1. The van der Waals surface area contributed by atoms with Gasteiger partial charge in [-0.25, -0.2) is 15.0 Å². The molecule has 0 saturated carbocycles. The third kappa shape index (κ3) is 6.41. The first-order chi connectivity index (χ1) is 37.2. The number of benzene rings is 11. The predicted molar refractivity (Wildman–Crippen MR) is 314 cm³/mol. The summed E-state index contributed by atoms with van der Waals surface area (Å²) in [5, 5.41) is 15.7. The molecule has 1 N–H and O–H groups in total. The van der Waals surface area contributed by atoms with E-state index in [9.17, 15) is 0 Å². The summed E-state index contributed by atoms with van der Waals surface area (Å²) in [7, 11) is 0. The van der Waals surface area contributed by atoms with Crippen LogP contribution < -0.4 is 5.32 Å². The predicted octanol–water partition coefficient (Wildman–Crippen LogP) is 17.6. The maximum absolute atomic E-state index is 5.75. The van der Waals surface area contributed by atoms with Gasteiger partial charge in [-0.2, -0.15) is 0 Å². The van der Waals surface area contributed by atoms with Gasteiger partial charge in [0, 0.05) is 43.1 Å². The molecule has 11 aromatic carbocycles. The Kier molecular flexibility index (Phi) is 9.17. The minimum absolute atomic E-state index is 0.0840. The molecule has 0 spiro atoms. The van der Waals surface area contributed by atoms with E-state index in [2.05, 4.69) is 257 Å². The summed E-state index contributed by atoms with van der Waals surface area (Å²) in [6.07, 6.45) is 0. The van der Waals surface area contributed by atoms with E-state index >= 15 is 0 Å². The zero-order valence-electron chi connectivity index (χ0n) is 40.3. The zero-order chi connectivity index (χ0) is 49.1. The first-order valence-corrected chi connectivity index (χ1v) is 26.3. The Morgan fingerprint density at radius 2 is 1.03 bits per heavy atom. The summed E-state index contributed by atoms with van der Waals surface area (Å²) in [5.41, 5.74) is 13.8. The van der Waals surface area contributed by atoms with E-state index in [1.54, 1.807) is 11.3 Å². The molecule has 1 unspecified atom stereocenters. The van der Waals surface area contributed by atoms with Gasteiger partial charge in [-0.15, -0.1) is 11.3 Å². The summed E-state index contributed by atoms with van der Waals surface area (Å²) < 4.78 is 5.73. The van der Waals surface area contributed by atoms with Gasteiger partial charge in [0.2, 0.25) is 11.9 Å².